The number of Topliss-reactive ketones (excluding diaryl/α,β-unsaturated/α-hetero) is 1. The number of aryl methyl sites for hydroxylation is 1. The number of carbonyl (C=O) groups excluding carboxylic acids is 1. The smallest absolute Gasteiger partial charge is 0.471 e. The van der Waals surface area contributed by atoms with Crippen LogP contribution >= 0.6 is 0 Å². The lowest BCUT2D eigenvalue weighted by molar-refractivity contribution is -0.000502. The van der Waals surface area contributed by atoms with Gasteiger partial charge in [-0.3, -0.25) is 4.79 Å². The molecule has 0 unspecified atom stereocenters. The molecule has 51 heavy (non-hydrogen) atoms. The third kappa shape index (κ3) is 6.78. The molecule has 5 rings (SSSR count). The lowest BCUT2D eigenvalue weighted by Gasteiger charge is -2.51. The Morgan fingerprint density at radius 1 is 0.922 bits per heavy atom. The van der Waals surface area contributed by atoms with E-state index in [0.29, 0.717) is 46.8 Å². The Balaban J connectivity index is 1.86. The van der Waals surface area contributed by atoms with Gasteiger partial charge in [0.2, 0.25) is 0 Å². The summed E-state index contributed by atoms with van der Waals surface area (Å²) >= 11 is 0. The molecule has 0 spiro atoms. The first-order valence-corrected chi connectivity index (χ1v) is 22.7. The van der Waals surface area contributed by atoms with Crippen LogP contribution in [-0.4, -0.2) is 54.7 Å². The second-order valence-corrected chi connectivity index (χ2v) is 26.9. The first kappa shape index (κ1) is 39.1. The summed E-state index contributed by atoms with van der Waals surface area (Å²) in [4.78, 5) is 15.2. The molecule has 1 heterocycles. The van der Waals surface area contributed by atoms with Crippen molar-refractivity contribution in [1.82, 2.24) is 0 Å². The molecule has 1 aliphatic carbocycles. The van der Waals surface area contributed by atoms with Gasteiger partial charge in [0.05, 0.1) is 44.5 Å². The van der Waals surface area contributed by atoms with E-state index < -0.39 is 39.2 Å². The third-order valence-corrected chi connectivity index (χ3v) is 20.4. The first-order chi connectivity index (χ1) is 23.6. The van der Waals surface area contributed by atoms with Crippen LogP contribution in [0.1, 0.15) is 107 Å². The van der Waals surface area contributed by atoms with Crippen LogP contribution in [-0.2, 0) is 15.8 Å². The normalized spacial score (nSPS) is 19.2. The fourth-order valence-electron chi connectivity index (χ4n) is 7.40. The highest BCUT2D eigenvalue weighted by Crippen LogP contribution is 2.61. The van der Waals surface area contributed by atoms with Crippen LogP contribution in [0.4, 0.5) is 0 Å². The molecule has 0 saturated carbocycles. The van der Waals surface area contributed by atoms with Crippen molar-refractivity contribution >= 4 is 39.5 Å². The average Bonchev–Trinajstić information content (AvgIpc) is 3.03. The zero-order chi connectivity index (χ0) is 37.9. The monoisotopic (exact) mass is 734 g/mol. The molecule has 1 N–H and O–H groups in total. The van der Waals surface area contributed by atoms with Gasteiger partial charge < -0.3 is 32.6 Å². The highest BCUT2D eigenvalue weighted by molar-refractivity contribution is 6.75. The zero-order valence-electron chi connectivity index (χ0n) is 33.1. The predicted molar refractivity (Wildman–Crippen MR) is 209 cm³/mol. The van der Waals surface area contributed by atoms with Crippen molar-refractivity contribution in [2.45, 2.75) is 123 Å². The Labute approximate surface area is 306 Å². The lowest BCUT2D eigenvalue weighted by atomic mass is 9.82. The maximum Gasteiger partial charge on any atom is 0.471 e. The molecule has 278 valence electrons. The molecule has 2 atom stereocenters. The Morgan fingerprint density at radius 2 is 1.53 bits per heavy atom. The van der Waals surface area contributed by atoms with Crippen molar-refractivity contribution in [1.29, 1.82) is 0 Å². The number of rotatable bonds is 9. The summed E-state index contributed by atoms with van der Waals surface area (Å²) in [6, 6.07) is 9.88. The van der Waals surface area contributed by atoms with Crippen LogP contribution in [0.25, 0.3) is 16.8 Å². The van der Waals surface area contributed by atoms with Gasteiger partial charge in [-0.25, -0.2) is 0 Å². The van der Waals surface area contributed by atoms with E-state index in [1.165, 1.54) is 0 Å². The summed E-state index contributed by atoms with van der Waals surface area (Å²) < 4.78 is 40.2. The molecule has 0 amide bonds. The number of ketones is 1. The van der Waals surface area contributed by atoms with Crippen LogP contribution < -0.4 is 18.3 Å². The zero-order valence-corrected chi connectivity index (χ0v) is 35.1. The van der Waals surface area contributed by atoms with Crippen LogP contribution in [0.2, 0.25) is 28.2 Å². The van der Waals surface area contributed by atoms with Gasteiger partial charge in [-0.1, -0.05) is 86.6 Å². The second kappa shape index (κ2) is 13.7. The van der Waals surface area contributed by atoms with Gasteiger partial charge in [0.1, 0.15) is 29.1 Å². The lowest BCUT2D eigenvalue weighted by Crippen LogP contribution is -2.63. The summed E-state index contributed by atoms with van der Waals surface area (Å²) in [6.07, 6.45) is 2.69. The van der Waals surface area contributed by atoms with Gasteiger partial charge in [-0.05, 0) is 54.4 Å². The van der Waals surface area contributed by atoms with E-state index in [1.54, 1.807) is 20.3 Å². The van der Waals surface area contributed by atoms with Gasteiger partial charge in [-0.15, -0.1) is 0 Å². The molecule has 8 nitrogen and oxygen atoms in total. The average molecular weight is 735 g/mol. The van der Waals surface area contributed by atoms with Gasteiger partial charge in [0, 0.05) is 33.0 Å². The third-order valence-electron chi connectivity index (χ3n) is 10.9. The number of hydrogen-bond acceptors (Lipinski definition) is 8. The van der Waals surface area contributed by atoms with Crippen LogP contribution in [0.15, 0.2) is 36.4 Å². The molecular formula is C41H58O8Si2. The predicted octanol–water partition coefficient (Wildman–Crippen LogP) is 10.2. The molecule has 0 fully saturated rings. The summed E-state index contributed by atoms with van der Waals surface area (Å²) in [5.41, 5.74) is 3.91. The van der Waals surface area contributed by atoms with Crippen molar-refractivity contribution in [3.8, 4) is 23.0 Å². The summed E-state index contributed by atoms with van der Waals surface area (Å²) in [6.45, 7) is 26.1. The van der Waals surface area contributed by atoms with E-state index in [2.05, 4.69) is 81.5 Å². The molecule has 2 aliphatic rings. The highest BCUT2D eigenvalue weighted by Gasteiger charge is 2.65. The fraction of sp³-hybridized carbons (Fsp3) is 0.537. The highest BCUT2D eigenvalue weighted by atomic mass is 28.4. The number of aliphatic hydroxyl groups is 1. The Kier molecular flexibility index (Phi) is 10.5. The minimum Gasteiger partial charge on any atom is -0.510 e. The van der Waals surface area contributed by atoms with Gasteiger partial charge in [0.25, 0.3) is 0 Å². The van der Waals surface area contributed by atoms with E-state index in [9.17, 15) is 5.11 Å². The largest absolute Gasteiger partial charge is 0.510 e. The number of carbonyl (C=O) groups is 1. The number of hydrogen-bond donors (Lipinski definition) is 1. The number of ether oxygens (including phenoxy) is 3. The van der Waals surface area contributed by atoms with E-state index in [4.69, 9.17) is 27.5 Å². The van der Waals surface area contributed by atoms with Crippen molar-refractivity contribution in [2.75, 3.05) is 20.8 Å². The summed E-state index contributed by atoms with van der Waals surface area (Å²) in [5.74, 6) is 2.39. The van der Waals surface area contributed by atoms with E-state index in [-0.39, 0.29) is 17.4 Å². The van der Waals surface area contributed by atoms with Gasteiger partial charge in [0.15, 0.2) is 14.1 Å². The van der Waals surface area contributed by atoms with E-state index in [0.717, 1.165) is 27.8 Å². The number of aliphatic hydroxyl groups excluding tert-OH is 1. The Bertz CT molecular complexity index is 1810. The van der Waals surface area contributed by atoms with Gasteiger partial charge >= 0.3 is 8.56 Å². The van der Waals surface area contributed by atoms with Gasteiger partial charge in [-0.2, -0.15) is 0 Å². The molecule has 3 aromatic carbocycles. The summed E-state index contributed by atoms with van der Waals surface area (Å²) in [5, 5.41) is 10.4. The standard InChI is InChI=1S/C41H58O8Si2/c1-25-22-29-32-37(28(25)16-15-21-42)48-51(40(5,6)7,41(8,9)10)49-38(32)34-33(36(29)45-12)30(46-24-26-17-19-27(44-11)20-18-26)23-31(35(34)43)47-50(13,14)39(2,3)4/h15-20,22,30-31,42H,21,23-24H2,1-14H3/b16-15+/t30-,31-/m0/s1. The number of benzene rings is 3. The van der Waals surface area contributed by atoms with Crippen LogP contribution in [0.5, 0.6) is 23.0 Å². The van der Waals surface area contributed by atoms with Crippen LogP contribution in [0.3, 0.4) is 0 Å². The quantitative estimate of drug-likeness (QED) is 0.217. The van der Waals surface area contributed by atoms with Crippen molar-refractivity contribution < 1.29 is 37.4 Å². The van der Waals surface area contributed by atoms with Crippen molar-refractivity contribution in [3.05, 3.63) is 64.2 Å². The molecular weight excluding hydrogens is 677 g/mol. The Morgan fingerprint density at radius 3 is 2.06 bits per heavy atom. The molecule has 0 aromatic heterocycles. The number of fused-ring (bicyclic) bond motifs is 2. The van der Waals surface area contributed by atoms with Crippen LogP contribution in [0, 0.1) is 6.92 Å². The maximum absolute atomic E-state index is 15.2. The second-order valence-electron chi connectivity index (χ2n) is 17.5. The topological polar surface area (TPSA) is 92.7 Å². The van der Waals surface area contributed by atoms with Crippen molar-refractivity contribution in [2.24, 2.45) is 0 Å². The molecule has 0 bridgehead atoms. The minimum absolute atomic E-state index is 0.118. The first-order valence-electron chi connectivity index (χ1n) is 18.0. The molecule has 0 radical (unpaired) electrons. The SMILES string of the molecule is COc1ccc(CO[C@H]2C[C@H](O[Si](C)(C)C(C)(C)C)C(=O)c3c2c(OC)c2cc(C)c(/C=C/CO)c4c2c3O[Si](C(C)(C)C)(C(C)(C)C)O4)cc1. The molecule has 10 heteroatoms. The molecule has 0 saturated heterocycles. The summed E-state index contributed by atoms with van der Waals surface area (Å²) in [7, 11) is -2.42. The maximum atomic E-state index is 15.2. The van der Waals surface area contributed by atoms with E-state index in [1.807, 2.05) is 37.3 Å². The Hall–Kier alpha value is -3.16. The molecule has 1 aliphatic heterocycles. The fourth-order valence-corrected chi connectivity index (χ4v) is 13.2. The molecule has 3 aromatic rings. The van der Waals surface area contributed by atoms with Crippen molar-refractivity contribution in [3.63, 3.8) is 0 Å². The number of methoxy groups -OCH3 is 2. The minimum atomic E-state index is -3.30. The van der Waals surface area contributed by atoms with E-state index >= 15 is 4.79 Å².